The first kappa shape index (κ1) is 12.7. The van der Waals surface area contributed by atoms with Crippen LogP contribution in [0.3, 0.4) is 0 Å². The van der Waals surface area contributed by atoms with E-state index >= 15 is 0 Å². The summed E-state index contributed by atoms with van der Waals surface area (Å²) in [5, 5.41) is 2.62. The highest BCUT2D eigenvalue weighted by Crippen LogP contribution is 2.15. The minimum Gasteiger partial charge on any atom is -0.377 e. The molecular weight excluding hydrogens is 234 g/mol. The summed E-state index contributed by atoms with van der Waals surface area (Å²) in [5.41, 5.74) is 6.36. The number of ether oxygens (including phenoxy) is 1. The highest BCUT2D eigenvalue weighted by molar-refractivity contribution is 5.84. The van der Waals surface area contributed by atoms with Crippen LogP contribution in [0, 0.1) is 0 Å². The summed E-state index contributed by atoms with van der Waals surface area (Å²) in [7, 11) is 1.60. The second-order valence-corrected chi connectivity index (χ2v) is 3.99. The Morgan fingerprint density at radius 2 is 2.33 bits per heavy atom. The van der Waals surface area contributed by atoms with Crippen molar-refractivity contribution in [2.75, 3.05) is 31.7 Å². The number of carbonyl (C=O) groups is 1. The summed E-state index contributed by atoms with van der Waals surface area (Å²) in [6.07, 6.45) is 3.36. The summed E-state index contributed by atoms with van der Waals surface area (Å²) in [5.74, 6) is 0.435. The molecule has 0 aromatic carbocycles. The maximum atomic E-state index is 11.8. The first-order valence-corrected chi connectivity index (χ1v) is 5.83. The highest BCUT2D eigenvalue weighted by Gasteiger charge is 2.30. The van der Waals surface area contributed by atoms with Crippen LogP contribution in [0.1, 0.15) is 5.56 Å². The lowest BCUT2D eigenvalue weighted by Gasteiger charge is -2.34. The average molecular weight is 251 g/mol. The molecule has 0 aliphatic carbocycles. The number of hydrogen-bond donors (Lipinski definition) is 2. The minimum absolute atomic E-state index is 0.0961. The molecule has 1 aliphatic heterocycles. The molecule has 1 aromatic rings. The molecule has 1 aliphatic rings. The number of hydrogen-bond acceptors (Lipinski definition) is 6. The third-order valence-corrected chi connectivity index (χ3v) is 2.86. The second kappa shape index (κ2) is 5.74. The number of rotatable bonds is 3. The van der Waals surface area contributed by atoms with Crippen LogP contribution in [-0.2, 0) is 16.1 Å². The maximum absolute atomic E-state index is 11.8. The van der Waals surface area contributed by atoms with Gasteiger partial charge in [0.15, 0.2) is 0 Å². The van der Waals surface area contributed by atoms with Crippen molar-refractivity contribution in [1.29, 1.82) is 0 Å². The standard InChI is InChI=1S/C11H17N5O2/c1-13-10(17)9-7-18-3-2-16(9)11-14-5-8(4-12)6-15-11/h5-6,9H,2-4,7,12H2,1H3,(H,13,17). The molecular formula is C11H17N5O2. The second-order valence-electron chi connectivity index (χ2n) is 3.99. The van der Waals surface area contributed by atoms with Crippen molar-refractivity contribution < 1.29 is 9.53 Å². The third-order valence-electron chi connectivity index (χ3n) is 2.86. The first-order chi connectivity index (χ1) is 8.76. The SMILES string of the molecule is CNC(=O)C1COCCN1c1ncc(CN)cn1. The van der Waals surface area contributed by atoms with E-state index in [1.54, 1.807) is 19.4 Å². The average Bonchev–Trinajstić information content (AvgIpc) is 2.46. The Bertz CT molecular complexity index is 408. The quantitative estimate of drug-likeness (QED) is 0.707. The van der Waals surface area contributed by atoms with Crippen LogP contribution in [0.2, 0.25) is 0 Å². The van der Waals surface area contributed by atoms with E-state index in [1.807, 2.05) is 4.90 Å². The van der Waals surface area contributed by atoms with Gasteiger partial charge in [0.25, 0.3) is 0 Å². The zero-order valence-electron chi connectivity index (χ0n) is 10.3. The van der Waals surface area contributed by atoms with Crippen LogP contribution in [-0.4, -0.2) is 48.7 Å². The van der Waals surface area contributed by atoms with Crippen molar-refractivity contribution in [3.63, 3.8) is 0 Å². The van der Waals surface area contributed by atoms with Crippen LogP contribution < -0.4 is 16.0 Å². The van der Waals surface area contributed by atoms with Crippen LogP contribution in [0.15, 0.2) is 12.4 Å². The molecule has 3 N–H and O–H groups in total. The monoisotopic (exact) mass is 251 g/mol. The van der Waals surface area contributed by atoms with Gasteiger partial charge in [-0.25, -0.2) is 9.97 Å². The molecule has 1 unspecified atom stereocenters. The van der Waals surface area contributed by atoms with Crippen molar-refractivity contribution in [3.8, 4) is 0 Å². The molecule has 0 spiro atoms. The summed E-state index contributed by atoms with van der Waals surface area (Å²) < 4.78 is 5.32. The van der Waals surface area contributed by atoms with Gasteiger partial charge < -0.3 is 20.7 Å². The Morgan fingerprint density at radius 1 is 1.61 bits per heavy atom. The Morgan fingerprint density at radius 3 is 2.94 bits per heavy atom. The van der Waals surface area contributed by atoms with Gasteiger partial charge in [-0.05, 0) is 0 Å². The van der Waals surface area contributed by atoms with Crippen molar-refractivity contribution >= 4 is 11.9 Å². The molecule has 1 aromatic heterocycles. The summed E-state index contributed by atoms with van der Waals surface area (Å²) >= 11 is 0. The number of morpholine rings is 1. The van der Waals surface area contributed by atoms with Gasteiger partial charge in [0.2, 0.25) is 11.9 Å². The molecule has 0 bridgehead atoms. The van der Waals surface area contributed by atoms with Gasteiger partial charge in [-0.2, -0.15) is 0 Å². The van der Waals surface area contributed by atoms with Crippen LogP contribution in [0.5, 0.6) is 0 Å². The lowest BCUT2D eigenvalue weighted by Crippen LogP contribution is -2.54. The minimum atomic E-state index is -0.382. The molecule has 1 amide bonds. The van der Waals surface area contributed by atoms with E-state index in [0.29, 0.717) is 32.3 Å². The number of aromatic nitrogens is 2. The Kier molecular flexibility index (Phi) is 4.06. The molecule has 2 heterocycles. The fraction of sp³-hybridized carbons (Fsp3) is 0.545. The largest absolute Gasteiger partial charge is 0.377 e. The predicted octanol–water partition coefficient (Wildman–Crippen LogP) is -1.11. The maximum Gasteiger partial charge on any atom is 0.244 e. The molecule has 98 valence electrons. The van der Waals surface area contributed by atoms with Gasteiger partial charge in [0.05, 0.1) is 13.2 Å². The van der Waals surface area contributed by atoms with Gasteiger partial charge in [-0.3, -0.25) is 4.79 Å². The normalized spacial score (nSPS) is 19.7. The molecule has 7 heteroatoms. The highest BCUT2D eigenvalue weighted by atomic mass is 16.5. The van der Waals surface area contributed by atoms with E-state index in [0.717, 1.165) is 5.56 Å². The van der Waals surface area contributed by atoms with Crippen LogP contribution in [0.4, 0.5) is 5.95 Å². The fourth-order valence-corrected chi connectivity index (χ4v) is 1.83. The van der Waals surface area contributed by atoms with Gasteiger partial charge in [-0.15, -0.1) is 0 Å². The molecule has 1 saturated heterocycles. The summed E-state index contributed by atoms with van der Waals surface area (Å²) in [6, 6.07) is -0.382. The molecule has 1 atom stereocenters. The van der Waals surface area contributed by atoms with Crippen LogP contribution >= 0.6 is 0 Å². The number of carbonyl (C=O) groups excluding carboxylic acids is 1. The zero-order chi connectivity index (χ0) is 13.0. The summed E-state index contributed by atoms with van der Waals surface area (Å²) in [6.45, 7) is 1.92. The first-order valence-electron chi connectivity index (χ1n) is 5.83. The number of nitrogens with two attached hydrogens (primary N) is 1. The molecule has 0 saturated carbocycles. The summed E-state index contributed by atoms with van der Waals surface area (Å²) in [4.78, 5) is 22.1. The van der Waals surface area contributed by atoms with E-state index in [1.165, 1.54) is 0 Å². The number of nitrogens with one attached hydrogen (secondary N) is 1. The number of amides is 1. The van der Waals surface area contributed by atoms with Gasteiger partial charge in [0, 0.05) is 38.1 Å². The smallest absolute Gasteiger partial charge is 0.244 e. The van der Waals surface area contributed by atoms with E-state index in [2.05, 4.69) is 15.3 Å². The van der Waals surface area contributed by atoms with Crippen molar-refractivity contribution in [1.82, 2.24) is 15.3 Å². The Hall–Kier alpha value is -1.73. The molecule has 7 nitrogen and oxygen atoms in total. The molecule has 18 heavy (non-hydrogen) atoms. The number of likely N-dealkylation sites (N-methyl/N-ethyl adjacent to an activating group) is 1. The van der Waals surface area contributed by atoms with Crippen LogP contribution in [0.25, 0.3) is 0 Å². The molecule has 0 radical (unpaired) electrons. The van der Waals surface area contributed by atoms with Gasteiger partial charge in [0.1, 0.15) is 6.04 Å². The Balaban J connectivity index is 2.19. The lowest BCUT2D eigenvalue weighted by atomic mass is 10.2. The van der Waals surface area contributed by atoms with Gasteiger partial charge >= 0.3 is 0 Å². The van der Waals surface area contributed by atoms with E-state index in [9.17, 15) is 4.79 Å². The molecule has 2 rings (SSSR count). The van der Waals surface area contributed by atoms with E-state index in [4.69, 9.17) is 10.5 Å². The Labute approximate surface area is 105 Å². The predicted molar refractivity (Wildman–Crippen MR) is 65.9 cm³/mol. The van der Waals surface area contributed by atoms with Gasteiger partial charge in [-0.1, -0.05) is 0 Å². The third kappa shape index (κ3) is 2.57. The zero-order valence-corrected chi connectivity index (χ0v) is 10.3. The van der Waals surface area contributed by atoms with E-state index < -0.39 is 0 Å². The topological polar surface area (TPSA) is 93.4 Å². The van der Waals surface area contributed by atoms with E-state index in [-0.39, 0.29) is 11.9 Å². The fourth-order valence-electron chi connectivity index (χ4n) is 1.83. The van der Waals surface area contributed by atoms with Crippen molar-refractivity contribution in [2.24, 2.45) is 5.73 Å². The number of anilines is 1. The molecule has 1 fully saturated rings. The van der Waals surface area contributed by atoms with Crippen molar-refractivity contribution in [2.45, 2.75) is 12.6 Å². The number of nitrogens with zero attached hydrogens (tertiary/aromatic N) is 3. The van der Waals surface area contributed by atoms with Crippen molar-refractivity contribution in [3.05, 3.63) is 18.0 Å². The lowest BCUT2D eigenvalue weighted by molar-refractivity contribution is -0.124.